The van der Waals surface area contributed by atoms with Crippen LogP contribution < -0.4 is 10.6 Å². The predicted molar refractivity (Wildman–Crippen MR) is 81.9 cm³/mol. The summed E-state index contributed by atoms with van der Waals surface area (Å²) in [7, 11) is 1.87. The zero-order chi connectivity index (χ0) is 15.3. The van der Waals surface area contributed by atoms with E-state index in [1.807, 2.05) is 25.1 Å². The summed E-state index contributed by atoms with van der Waals surface area (Å²) in [6.45, 7) is 2.04. The Bertz CT molecular complexity index is 521. The number of anilines is 1. The molecule has 0 aromatic heterocycles. The summed E-state index contributed by atoms with van der Waals surface area (Å²) < 4.78 is 0. The van der Waals surface area contributed by atoms with Crippen LogP contribution in [-0.4, -0.2) is 41.1 Å². The van der Waals surface area contributed by atoms with E-state index in [1.165, 1.54) is 12.1 Å². The third-order valence-corrected chi connectivity index (χ3v) is 3.84. The first-order valence-electron chi connectivity index (χ1n) is 5.90. The maximum absolute atomic E-state index is 10.8. The maximum atomic E-state index is 10.8. The number of nitro benzene ring substituents is 1. The number of amidine groups is 1. The highest BCUT2D eigenvalue weighted by Gasteiger charge is 2.19. The van der Waals surface area contributed by atoms with Gasteiger partial charge in [0.15, 0.2) is 5.84 Å². The molecule has 1 aromatic rings. The summed E-state index contributed by atoms with van der Waals surface area (Å²) in [4.78, 5) is 12.3. The highest BCUT2D eigenvalue weighted by molar-refractivity contribution is 7.98. The highest BCUT2D eigenvalue weighted by Crippen LogP contribution is 2.26. The first-order valence-corrected chi connectivity index (χ1v) is 7.29. The van der Waals surface area contributed by atoms with Crippen molar-refractivity contribution >= 4 is 29.0 Å². The van der Waals surface area contributed by atoms with Gasteiger partial charge >= 0.3 is 0 Å². The number of benzene rings is 1. The first kappa shape index (κ1) is 16.1. The molecule has 1 unspecified atom stereocenters. The minimum absolute atomic E-state index is 0.0960. The molecule has 7 nitrogen and oxygen atoms in total. The van der Waals surface area contributed by atoms with Gasteiger partial charge in [-0.15, -0.1) is 0 Å². The first-order chi connectivity index (χ1) is 9.42. The monoisotopic (exact) mass is 298 g/mol. The van der Waals surface area contributed by atoms with Gasteiger partial charge in [0, 0.05) is 36.7 Å². The van der Waals surface area contributed by atoms with Crippen molar-refractivity contribution in [1.29, 1.82) is 0 Å². The largest absolute Gasteiger partial charge is 0.409 e. The lowest BCUT2D eigenvalue weighted by Gasteiger charge is -2.28. The van der Waals surface area contributed by atoms with Crippen molar-refractivity contribution in [2.75, 3.05) is 24.0 Å². The van der Waals surface area contributed by atoms with E-state index in [0.717, 1.165) is 5.75 Å². The molecule has 0 bridgehead atoms. The van der Waals surface area contributed by atoms with E-state index in [0.29, 0.717) is 11.3 Å². The molecule has 0 saturated heterocycles. The Morgan fingerprint density at radius 1 is 1.65 bits per heavy atom. The Kier molecular flexibility index (Phi) is 5.63. The van der Waals surface area contributed by atoms with Gasteiger partial charge < -0.3 is 15.8 Å². The predicted octanol–water partition coefficient (Wildman–Crippen LogP) is 1.88. The molecule has 0 radical (unpaired) electrons. The molecule has 110 valence electrons. The molecule has 0 heterocycles. The van der Waals surface area contributed by atoms with Gasteiger partial charge in [0.05, 0.1) is 10.5 Å². The molecule has 20 heavy (non-hydrogen) atoms. The van der Waals surface area contributed by atoms with E-state index >= 15 is 0 Å². The zero-order valence-electron chi connectivity index (χ0n) is 11.6. The van der Waals surface area contributed by atoms with Crippen molar-refractivity contribution in [3.8, 4) is 0 Å². The summed E-state index contributed by atoms with van der Waals surface area (Å²) in [6.07, 6.45) is 2.00. The lowest BCUT2D eigenvalue weighted by molar-refractivity contribution is -0.384. The van der Waals surface area contributed by atoms with E-state index in [-0.39, 0.29) is 17.6 Å². The van der Waals surface area contributed by atoms with E-state index < -0.39 is 4.92 Å². The molecule has 0 saturated carbocycles. The molecule has 0 fully saturated rings. The maximum Gasteiger partial charge on any atom is 0.270 e. The van der Waals surface area contributed by atoms with Gasteiger partial charge in [-0.3, -0.25) is 10.1 Å². The number of non-ortho nitro benzene ring substituents is 1. The minimum Gasteiger partial charge on any atom is -0.409 e. The third kappa shape index (κ3) is 3.53. The molecule has 0 aliphatic carbocycles. The molecule has 0 amide bonds. The number of oxime groups is 1. The number of rotatable bonds is 6. The molecule has 0 spiro atoms. The van der Waals surface area contributed by atoms with Gasteiger partial charge in [-0.2, -0.15) is 11.8 Å². The molecule has 0 aliphatic rings. The Morgan fingerprint density at radius 3 is 2.80 bits per heavy atom. The summed E-state index contributed by atoms with van der Waals surface area (Å²) in [6, 6.07) is 4.54. The van der Waals surface area contributed by atoms with Gasteiger partial charge in [-0.1, -0.05) is 5.16 Å². The molecule has 3 N–H and O–H groups in total. The molecule has 1 atom stereocenters. The van der Waals surface area contributed by atoms with Gasteiger partial charge in [0.2, 0.25) is 0 Å². The lowest BCUT2D eigenvalue weighted by Crippen LogP contribution is -2.33. The Labute approximate surface area is 121 Å². The fourth-order valence-electron chi connectivity index (χ4n) is 1.79. The second-order valence-electron chi connectivity index (χ2n) is 4.36. The Hall–Kier alpha value is -1.96. The van der Waals surface area contributed by atoms with Crippen molar-refractivity contribution in [2.45, 2.75) is 13.0 Å². The molecular formula is C12H18N4O3S. The Morgan fingerprint density at radius 2 is 2.30 bits per heavy atom. The number of thioether (sulfide) groups is 1. The van der Waals surface area contributed by atoms with Crippen LogP contribution in [0.3, 0.4) is 0 Å². The quantitative estimate of drug-likeness (QED) is 0.273. The fraction of sp³-hybridized carbons (Fsp3) is 0.417. The summed E-state index contributed by atoms with van der Waals surface area (Å²) in [5.74, 6) is 0.746. The molecule has 0 aliphatic heterocycles. The van der Waals surface area contributed by atoms with Crippen LogP contribution in [0.1, 0.15) is 12.5 Å². The number of hydrogen-bond donors (Lipinski definition) is 2. The second-order valence-corrected chi connectivity index (χ2v) is 5.27. The number of hydrogen-bond acceptors (Lipinski definition) is 6. The summed E-state index contributed by atoms with van der Waals surface area (Å²) in [5.41, 5.74) is 6.56. The van der Waals surface area contributed by atoms with E-state index in [2.05, 4.69) is 5.16 Å². The van der Waals surface area contributed by atoms with Crippen LogP contribution in [0.4, 0.5) is 11.4 Å². The lowest BCUT2D eigenvalue weighted by atomic mass is 10.1. The number of nitrogens with zero attached hydrogens (tertiary/aromatic N) is 3. The zero-order valence-corrected chi connectivity index (χ0v) is 12.4. The van der Waals surface area contributed by atoms with Crippen molar-refractivity contribution < 1.29 is 10.1 Å². The van der Waals surface area contributed by atoms with Gasteiger partial charge in [-0.25, -0.2) is 0 Å². The molecule has 1 rings (SSSR count). The third-order valence-electron chi connectivity index (χ3n) is 3.02. The smallest absolute Gasteiger partial charge is 0.270 e. The summed E-state index contributed by atoms with van der Waals surface area (Å²) in [5, 5.41) is 22.6. The van der Waals surface area contributed by atoms with Crippen LogP contribution in [0.15, 0.2) is 23.4 Å². The number of nitrogens with two attached hydrogens (primary N) is 1. The SMILES string of the molecule is CSCC(C)N(C)c1ccc([N+](=O)[O-])cc1/C(N)=N/O. The van der Waals surface area contributed by atoms with Crippen molar-refractivity contribution in [2.24, 2.45) is 10.9 Å². The number of nitro groups is 1. The van der Waals surface area contributed by atoms with Crippen molar-refractivity contribution in [3.63, 3.8) is 0 Å². The summed E-state index contributed by atoms with van der Waals surface area (Å²) >= 11 is 1.70. The van der Waals surface area contributed by atoms with Gasteiger partial charge in [-0.05, 0) is 19.2 Å². The van der Waals surface area contributed by atoms with Crippen LogP contribution in [0, 0.1) is 10.1 Å². The average molecular weight is 298 g/mol. The molecule has 8 heteroatoms. The van der Waals surface area contributed by atoms with Crippen LogP contribution in [0.25, 0.3) is 0 Å². The second kappa shape index (κ2) is 6.99. The van der Waals surface area contributed by atoms with Crippen molar-refractivity contribution in [3.05, 3.63) is 33.9 Å². The minimum atomic E-state index is -0.511. The van der Waals surface area contributed by atoms with Crippen LogP contribution in [0.2, 0.25) is 0 Å². The molecular weight excluding hydrogens is 280 g/mol. The van der Waals surface area contributed by atoms with Crippen LogP contribution in [-0.2, 0) is 0 Å². The van der Waals surface area contributed by atoms with E-state index in [9.17, 15) is 10.1 Å². The highest BCUT2D eigenvalue weighted by atomic mass is 32.2. The normalized spacial score (nSPS) is 13.1. The fourth-order valence-corrected chi connectivity index (χ4v) is 2.50. The van der Waals surface area contributed by atoms with E-state index in [1.54, 1.807) is 17.8 Å². The standard InChI is InChI=1S/C12H18N4O3S/c1-8(7-20-3)15(2)11-5-4-9(16(18)19)6-10(11)12(13)14-17/h4-6,8,17H,7H2,1-3H3,(H2,13,14). The topological polar surface area (TPSA) is 105 Å². The van der Waals surface area contributed by atoms with E-state index in [4.69, 9.17) is 10.9 Å². The van der Waals surface area contributed by atoms with Crippen molar-refractivity contribution in [1.82, 2.24) is 0 Å². The molecule has 1 aromatic carbocycles. The van der Waals surface area contributed by atoms with Crippen LogP contribution in [0.5, 0.6) is 0 Å². The average Bonchev–Trinajstić information content (AvgIpc) is 2.45. The van der Waals surface area contributed by atoms with Gasteiger partial charge in [0.1, 0.15) is 0 Å². The Balaban J connectivity index is 3.28. The van der Waals surface area contributed by atoms with Crippen LogP contribution >= 0.6 is 11.8 Å². The van der Waals surface area contributed by atoms with Gasteiger partial charge in [0.25, 0.3) is 5.69 Å².